The zero-order valence-electron chi connectivity index (χ0n) is 30.9. The van der Waals surface area contributed by atoms with Crippen LogP contribution in [0.2, 0.25) is 0 Å². The van der Waals surface area contributed by atoms with Crippen molar-refractivity contribution in [1.29, 1.82) is 0 Å². The highest BCUT2D eigenvalue weighted by Crippen LogP contribution is 2.37. The number of aryl methyl sites for hydroxylation is 1. The van der Waals surface area contributed by atoms with E-state index in [0.717, 1.165) is 40.8 Å². The highest BCUT2D eigenvalue weighted by Gasteiger charge is 2.40. The van der Waals surface area contributed by atoms with Crippen molar-refractivity contribution < 1.29 is 29.6 Å². The quantitative estimate of drug-likeness (QED) is 0.190. The Morgan fingerprint density at radius 3 is 2.23 bits per heavy atom. The van der Waals surface area contributed by atoms with Crippen LogP contribution in [0.5, 0.6) is 0 Å². The summed E-state index contributed by atoms with van der Waals surface area (Å²) in [6, 6.07) is 12.8. The smallest absolute Gasteiger partial charge is 0.245 e. The molecule has 0 radical (unpaired) electrons. The fraction of sp³-hybridized carbons (Fsp3) is 0.641. The van der Waals surface area contributed by atoms with Crippen LogP contribution in [0.15, 0.2) is 36.4 Å². The molecule has 268 valence electrons. The number of nitrogens with one attached hydrogen (secondary N) is 2. The van der Waals surface area contributed by atoms with Crippen LogP contribution in [0.25, 0.3) is 0 Å². The maximum Gasteiger partial charge on any atom is 0.245 e. The molecule has 1 saturated heterocycles. The van der Waals surface area contributed by atoms with E-state index < -0.39 is 35.4 Å². The second kappa shape index (κ2) is 16.7. The van der Waals surface area contributed by atoms with E-state index in [4.69, 9.17) is 4.74 Å². The molecule has 1 fully saturated rings. The van der Waals surface area contributed by atoms with Gasteiger partial charge in [0.1, 0.15) is 17.7 Å². The second-order valence-electron chi connectivity index (χ2n) is 15.3. The van der Waals surface area contributed by atoms with Crippen LogP contribution in [0.4, 0.5) is 0 Å². The van der Waals surface area contributed by atoms with Gasteiger partial charge in [-0.05, 0) is 99.3 Å². The van der Waals surface area contributed by atoms with Crippen molar-refractivity contribution in [2.75, 3.05) is 33.8 Å². The lowest BCUT2D eigenvalue weighted by molar-refractivity contribution is -0.179. The van der Waals surface area contributed by atoms with Crippen molar-refractivity contribution in [2.45, 2.75) is 117 Å². The summed E-state index contributed by atoms with van der Waals surface area (Å²) in [5, 5.41) is 37.0. The molecule has 6 unspecified atom stereocenters. The Labute approximate surface area is 288 Å². The summed E-state index contributed by atoms with van der Waals surface area (Å²) in [6.07, 6.45) is -0.706. The predicted octanol–water partition coefficient (Wildman–Crippen LogP) is 4.42. The summed E-state index contributed by atoms with van der Waals surface area (Å²) in [6.45, 7) is 16.8. The SMILES string of the molecule is CCC(C)c1cc(C)c(C2OC(CO)CC(O)C2O)cc1Cc1ccc(CC(C)C(C)(C)C(=O)NC(C)(C)C(=O)NCCN(C)C)cc1. The van der Waals surface area contributed by atoms with Crippen molar-refractivity contribution in [3.63, 3.8) is 0 Å². The molecule has 6 atom stereocenters. The zero-order valence-corrected chi connectivity index (χ0v) is 30.9. The van der Waals surface area contributed by atoms with Crippen LogP contribution in [-0.2, 0) is 27.2 Å². The van der Waals surface area contributed by atoms with Gasteiger partial charge in [0.05, 0.1) is 18.8 Å². The monoisotopic (exact) mass is 667 g/mol. The Morgan fingerprint density at radius 1 is 1.02 bits per heavy atom. The third kappa shape index (κ3) is 9.88. The van der Waals surface area contributed by atoms with E-state index in [1.54, 1.807) is 13.8 Å². The van der Waals surface area contributed by atoms with E-state index in [0.29, 0.717) is 25.3 Å². The molecule has 0 aromatic heterocycles. The van der Waals surface area contributed by atoms with Gasteiger partial charge in [-0.25, -0.2) is 0 Å². The highest BCUT2D eigenvalue weighted by molar-refractivity contribution is 5.92. The number of aliphatic hydroxyl groups excluding tert-OH is 3. The normalized spacial score (nSPS) is 21.5. The minimum absolute atomic E-state index is 0.00707. The maximum absolute atomic E-state index is 13.5. The van der Waals surface area contributed by atoms with Crippen molar-refractivity contribution in [3.8, 4) is 0 Å². The lowest BCUT2D eigenvalue weighted by Gasteiger charge is -2.38. The molecule has 5 N–H and O–H groups in total. The average molecular weight is 668 g/mol. The van der Waals surface area contributed by atoms with Gasteiger partial charge < -0.3 is 35.6 Å². The molecule has 2 aromatic rings. The third-order valence-electron chi connectivity index (χ3n) is 10.3. The van der Waals surface area contributed by atoms with Gasteiger partial charge in [0.2, 0.25) is 11.8 Å². The molecule has 2 amide bonds. The average Bonchev–Trinajstić information content (AvgIpc) is 3.02. The zero-order chi connectivity index (χ0) is 36.0. The summed E-state index contributed by atoms with van der Waals surface area (Å²) >= 11 is 0. The van der Waals surface area contributed by atoms with Gasteiger partial charge in [-0.3, -0.25) is 9.59 Å². The number of hydrogen-bond donors (Lipinski definition) is 5. The van der Waals surface area contributed by atoms with Gasteiger partial charge >= 0.3 is 0 Å². The van der Waals surface area contributed by atoms with E-state index in [-0.39, 0.29) is 30.8 Å². The molecular formula is C39H61N3O6. The highest BCUT2D eigenvalue weighted by atomic mass is 16.5. The summed E-state index contributed by atoms with van der Waals surface area (Å²) in [5.41, 5.74) is 4.75. The number of carbonyl (C=O) groups excluding carboxylic acids is 2. The van der Waals surface area contributed by atoms with Gasteiger partial charge in [-0.15, -0.1) is 0 Å². The third-order valence-corrected chi connectivity index (χ3v) is 10.3. The molecule has 0 spiro atoms. The van der Waals surface area contributed by atoms with Crippen molar-refractivity contribution in [2.24, 2.45) is 11.3 Å². The van der Waals surface area contributed by atoms with Crippen molar-refractivity contribution >= 4 is 11.8 Å². The van der Waals surface area contributed by atoms with Crippen molar-refractivity contribution in [3.05, 3.63) is 69.8 Å². The lowest BCUT2D eigenvalue weighted by atomic mass is 9.75. The van der Waals surface area contributed by atoms with Gasteiger partial charge in [-0.2, -0.15) is 0 Å². The number of rotatable bonds is 15. The van der Waals surface area contributed by atoms with Crippen LogP contribution < -0.4 is 10.6 Å². The Kier molecular flexibility index (Phi) is 13.8. The fourth-order valence-electron chi connectivity index (χ4n) is 6.22. The van der Waals surface area contributed by atoms with Crippen molar-refractivity contribution in [1.82, 2.24) is 15.5 Å². The number of amides is 2. The number of nitrogens with zero attached hydrogens (tertiary/aromatic N) is 1. The van der Waals surface area contributed by atoms with Gasteiger partial charge in [0.25, 0.3) is 0 Å². The number of benzene rings is 2. The maximum atomic E-state index is 13.5. The first kappa shape index (κ1) is 39.6. The summed E-state index contributed by atoms with van der Waals surface area (Å²) in [4.78, 5) is 28.2. The van der Waals surface area contributed by atoms with Crippen LogP contribution >= 0.6 is 0 Å². The first-order valence-electron chi connectivity index (χ1n) is 17.5. The van der Waals surface area contributed by atoms with Crippen LogP contribution in [0.1, 0.15) is 107 Å². The van der Waals surface area contributed by atoms with E-state index in [9.17, 15) is 24.9 Å². The predicted molar refractivity (Wildman–Crippen MR) is 191 cm³/mol. The fourth-order valence-corrected chi connectivity index (χ4v) is 6.22. The number of ether oxygens (including phenoxy) is 1. The first-order valence-corrected chi connectivity index (χ1v) is 17.5. The largest absolute Gasteiger partial charge is 0.394 e. The molecule has 1 heterocycles. The van der Waals surface area contributed by atoms with E-state index in [2.05, 4.69) is 67.8 Å². The van der Waals surface area contributed by atoms with Gasteiger partial charge in [0.15, 0.2) is 0 Å². The first-order chi connectivity index (χ1) is 22.4. The van der Waals surface area contributed by atoms with Crippen LogP contribution in [0, 0.1) is 18.3 Å². The standard InChI is InChI=1S/C39H61N3O6/c1-11-24(2)31-18-25(3)32(35-34(45)33(44)22-30(23-43)48-35)21-29(31)20-28-14-12-27(13-15-28)19-26(4)38(5,6)36(46)41-39(7,8)37(47)40-16-17-42(9)10/h12-15,18,21,24,26,30,33-35,43-45H,11,16-17,19-20,22-23H2,1-10H3,(H,40,47)(H,41,46). The lowest BCUT2D eigenvalue weighted by Crippen LogP contribution is -2.58. The van der Waals surface area contributed by atoms with E-state index in [1.807, 2.05) is 39.8 Å². The number of aliphatic hydroxyl groups is 3. The van der Waals surface area contributed by atoms with Crippen LogP contribution in [-0.4, -0.2) is 89.7 Å². The molecule has 3 rings (SSSR count). The topological polar surface area (TPSA) is 131 Å². The molecule has 0 aliphatic carbocycles. The molecule has 9 nitrogen and oxygen atoms in total. The van der Waals surface area contributed by atoms with Gasteiger partial charge in [0, 0.05) is 24.9 Å². The Bertz CT molecular complexity index is 1370. The van der Waals surface area contributed by atoms with E-state index >= 15 is 0 Å². The number of likely N-dealkylation sites (N-methyl/N-ethyl adjacent to an activating group) is 1. The Morgan fingerprint density at radius 2 is 1.65 bits per heavy atom. The number of carbonyl (C=O) groups is 2. The molecule has 1 aliphatic heterocycles. The molecular weight excluding hydrogens is 606 g/mol. The Balaban J connectivity index is 1.75. The molecule has 0 bridgehead atoms. The minimum Gasteiger partial charge on any atom is -0.394 e. The molecule has 9 heteroatoms. The van der Waals surface area contributed by atoms with Gasteiger partial charge in [-0.1, -0.05) is 71.0 Å². The minimum atomic E-state index is -1.07. The van der Waals surface area contributed by atoms with Crippen LogP contribution in [0.3, 0.4) is 0 Å². The summed E-state index contributed by atoms with van der Waals surface area (Å²) in [5.74, 6) is -0.0173. The Hall–Kier alpha value is -2.82. The molecule has 2 aromatic carbocycles. The van der Waals surface area contributed by atoms with E-state index in [1.165, 1.54) is 5.56 Å². The molecule has 0 saturated carbocycles. The number of hydrogen-bond acceptors (Lipinski definition) is 7. The summed E-state index contributed by atoms with van der Waals surface area (Å²) in [7, 11) is 3.89. The second-order valence-corrected chi connectivity index (χ2v) is 15.3. The molecule has 1 aliphatic rings. The summed E-state index contributed by atoms with van der Waals surface area (Å²) < 4.78 is 6.07. The molecule has 48 heavy (non-hydrogen) atoms.